The molecule has 0 aromatic carbocycles. The Bertz CT molecular complexity index is 301. The van der Waals surface area contributed by atoms with Crippen molar-refractivity contribution in [3.8, 4) is 0 Å². The molecule has 0 aromatic heterocycles. The molecule has 1 saturated heterocycles. The first kappa shape index (κ1) is 26.4. The first-order chi connectivity index (χ1) is 13.0. The van der Waals surface area contributed by atoms with Gasteiger partial charge in [-0.2, -0.15) is 0 Å². The lowest BCUT2D eigenvalue weighted by atomic mass is 10.0. The maximum absolute atomic E-state index is 6.15. The first-order valence-electron chi connectivity index (χ1n) is 10.6. The number of alkyl halides is 3. The molecule has 1 heterocycles. The molecule has 3 unspecified atom stereocenters. The Kier molecular flexibility index (Phi) is 15.7. The van der Waals surface area contributed by atoms with Crippen molar-refractivity contribution in [3.05, 3.63) is 0 Å². The van der Waals surface area contributed by atoms with E-state index in [1.54, 1.807) is 0 Å². The van der Waals surface area contributed by atoms with Gasteiger partial charge in [0, 0.05) is 16.0 Å². The number of hydrogen-bond donors (Lipinski definition) is 0. The van der Waals surface area contributed by atoms with Gasteiger partial charge in [0.1, 0.15) is 0 Å². The van der Waals surface area contributed by atoms with Crippen molar-refractivity contribution in [3.63, 3.8) is 0 Å². The van der Waals surface area contributed by atoms with Crippen LogP contribution in [0.2, 0.25) is 0 Å². The molecule has 27 heavy (non-hydrogen) atoms. The van der Waals surface area contributed by atoms with Crippen LogP contribution in [0, 0.1) is 17.8 Å². The summed E-state index contributed by atoms with van der Waals surface area (Å²) in [6.45, 7) is 6.92. The molecule has 6 heteroatoms. The van der Waals surface area contributed by atoms with Crippen molar-refractivity contribution in [2.24, 2.45) is 17.8 Å². The monoisotopic (exact) mass is 576 g/mol. The molecule has 0 N–H and O–H groups in total. The summed E-state index contributed by atoms with van der Waals surface area (Å²) in [5.41, 5.74) is 0. The molecule has 162 valence electrons. The Hall–Kier alpha value is 1.32. The van der Waals surface area contributed by atoms with Crippen LogP contribution in [0.1, 0.15) is 78.6 Å². The van der Waals surface area contributed by atoms with Crippen LogP contribution >= 0.6 is 47.8 Å². The second kappa shape index (κ2) is 16.1. The van der Waals surface area contributed by atoms with Gasteiger partial charge in [0.05, 0.1) is 0 Å². The van der Waals surface area contributed by atoms with E-state index in [9.17, 15) is 0 Å². The summed E-state index contributed by atoms with van der Waals surface area (Å²) < 4.78 is 18.5. The number of hydrogen-bond acceptors (Lipinski definition) is 3. The van der Waals surface area contributed by atoms with Crippen LogP contribution in [0.15, 0.2) is 0 Å². The number of ether oxygens (including phenoxy) is 3. The third kappa shape index (κ3) is 12.6. The maximum Gasteiger partial charge on any atom is 0.163 e. The van der Waals surface area contributed by atoms with Crippen LogP contribution in [0.25, 0.3) is 0 Å². The summed E-state index contributed by atoms with van der Waals surface area (Å²) in [7, 11) is 0. The molecule has 0 aromatic rings. The highest BCUT2D eigenvalue weighted by Crippen LogP contribution is 2.28. The molecule has 0 amide bonds. The van der Waals surface area contributed by atoms with Crippen LogP contribution in [0.5, 0.6) is 0 Å². The fourth-order valence-electron chi connectivity index (χ4n) is 3.27. The van der Waals surface area contributed by atoms with Gasteiger partial charge in [0.2, 0.25) is 0 Å². The van der Waals surface area contributed by atoms with E-state index in [1.807, 2.05) is 0 Å². The van der Waals surface area contributed by atoms with Crippen LogP contribution < -0.4 is 0 Å². The number of halogens is 3. The zero-order chi connectivity index (χ0) is 20.1. The molecule has 1 fully saturated rings. The minimum atomic E-state index is -0.121. The highest BCUT2D eigenvalue weighted by atomic mass is 79.9. The number of rotatable bonds is 15. The van der Waals surface area contributed by atoms with E-state index in [2.05, 4.69) is 68.6 Å². The molecule has 1 rings (SSSR count). The summed E-state index contributed by atoms with van der Waals surface area (Å²) in [5.74, 6) is 2.07. The van der Waals surface area contributed by atoms with Gasteiger partial charge in [0.15, 0.2) is 18.9 Å². The molecule has 0 saturated carbocycles. The van der Waals surface area contributed by atoms with E-state index in [4.69, 9.17) is 14.2 Å². The average molecular weight is 579 g/mol. The molecule has 0 aliphatic carbocycles. The van der Waals surface area contributed by atoms with Gasteiger partial charge in [-0.05, 0) is 75.5 Å². The van der Waals surface area contributed by atoms with E-state index < -0.39 is 0 Å². The van der Waals surface area contributed by atoms with Crippen molar-refractivity contribution in [2.45, 2.75) is 97.4 Å². The third-order valence-corrected chi connectivity index (χ3v) is 6.78. The van der Waals surface area contributed by atoms with E-state index in [0.717, 1.165) is 54.5 Å². The molecule has 3 nitrogen and oxygen atoms in total. The van der Waals surface area contributed by atoms with Gasteiger partial charge in [0.25, 0.3) is 0 Å². The van der Waals surface area contributed by atoms with Gasteiger partial charge in [-0.1, -0.05) is 68.6 Å². The lowest BCUT2D eigenvalue weighted by Gasteiger charge is -2.37. The minimum Gasteiger partial charge on any atom is -0.324 e. The molecule has 1 aliphatic heterocycles. The smallest absolute Gasteiger partial charge is 0.163 e. The zero-order valence-electron chi connectivity index (χ0n) is 17.3. The second-order valence-electron chi connectivity index (χ2n) is 8.18. The van der Waals surface area contributed by atoms with Crippen LogP contribution in [0.3, 0.4) is 0 Å². The molecular weight excluding hydrogens is 540 g/mol. The van der Waals surface area contributed by atoms with Crippen molar-refractivity contribution < 1.29 is 14.2 Å². The predicted molar refractivity (Wildman–Crippen MR) is 125 cm³/mol. The molecule has 1 aliphatic rings. The SMILES string of the molecule is CC(CCBr)CCC1OC(CCC(C)CCBr)OC(CCC(C)CCBr)O1. The predicted octanol–water partition coefficient (Wildman–Crippen LogP) is 7.63. The van der Waals surface area contributed by atoms with Gasteiger partial charge in [-0.3, -0.25) is 0 Å². The lowest BCUT2D eigenvalue weighted by molar-refractivity contribution is -0.387. The van der Waals surface area contributed by atoms with Gasteiger partial charge in [-0.15, -0.1) is 0 Å². The van der Waals surface area contributed by atoms with Gasteiger partial charge in [-0.25, -0.2) is 0 Å². The largest absolute Gasteiger partial charge is 0.324 e. The Balaban J connectivity index is 2.51. The van der Waals surface area contributed by atoms with Gasteiger partial charge >= 0.3 is 0 Å². The van der Waals surface area contributed by atoms with Crippen molar-refractivity contribution in [1.29, 1.82) is 0 Å². The normalized spacial score (nSPS) is 26.7. The summed E-state index contributed by atoms with van der Waals surface area (Å²) >= 11 is 10.6. The van der Waals surface area contributed by atoms with E-state index in [-0.39, 0.29) is 18.9 Å². The highest BCUT2D eigenvalue weighted by molar-refractivity contribution is 9.09. The van der Waals surface area contributed by atoms with E-state index in [0.29, 0.717) is 17.8 Å². The molecule has 0 bridgehead atoms. The topological polar surface area (TPSA) is 27.7 Å². The molecular formula is C21H39Br3O3. The minimum absolute atomic E-state index is 0.121. The van der Waals surface area contributed by atoms with Crippen molar-refractivity contribution in [2.75, 3.05) is 16.0 Å². The Morgan fingerprint density at radius 3 is 1.00 bits per heavy atom. The Morgan fingerprint density at radius 2 is 0.778 bits per heavy atom. The van der Waals surface area contributed by atoms with E-state index >= 15 is 0 Å². The Labute approximate surface area is 192 Å². The molecule has 0 radical (unpaired) electrons. The van der Waals surface area contributed by atoms with Crippen molar-refractivity contribution in [1.82, 2.24) is 0 Å². The second-order valence-corrected chi connectivity index (χ2v) is 10.6. The van der Waals surface area contributed by atoms with Crippen LogP contribution in [0.4, 0.5) is 0 Å². The highest BCUT2D eigenvalue weighted by Gasteiger charge is 2.30. The quantitative estimate of drug-likeness (QED) is 0.187. The molecule has 0 spiro atoms. The summed E-state index contributed by atoms with van der Waals surface area (Å²) in [5, 5.41) is 3.18. The average Bonchev–Trinajstić information content (AvgIpc) is 2.64. The zero-order valence-corrected chi connectivity index (χ0v) is 22.1. The standard InChI is InChI=1S/C21H39Br3O3/c1-16(10-13-22)4-7-19-25-20(8-5-17(2)11-14-23)27-21(26-19)9-6-18(3)12-15-24/h16-21H,4-15H2,1-3H3. The lowest BCUT2D eigenvalue weighted by Crippen LogP contribution is -2.41. The van der Waals surface area contributed by atoms with Crippen LogP contribution in [-0.2, 0) is 14.2 Å². The van der Waals surface area contributed by atoms with Gasteiger partial charge < -0.3 is 14.2 Å². The van der Waals surface area contributed by atoms with Crippen molar-refractivity contribution >= 4 is 47.8 Å². The Morgan fingerprint density at radius 1 is 0.519 bits per heavy atom. The summed E-state index contributed by atoms with van der Waals surface area (Å²) in [6, 6.07) is 0. The fourth-order valence-corrected chi connectivity index (χ4v) is 5.61. The maximum atomic E-state index is 6.15. The third-order valence-electron chi connectivity index (χ3n) is 5.40. The summed E-state index contributed by atoms with van der Waals surface area (Å²) in [4.78, 5) is 0. The van der Waals surface area contributed by atoms with E-state index in [1.165, 1.54) is 19.3 Å². The summed E-state index contributed by atoms with van der Waals surface area (Å²) in [6.07, 6.45) is 9.51. The fraction of sp³-hybridized carbons (Fsp3) is 1.00. The first-order valence-corrected chi connectivity index (χ1v) is 14.0. The van der Waals surface area contributed by atoms with Crippen LogP contribution in [-0.4, -0.2) is 34.9 Å². The molecule has 3 atom stereocenters.